The number of ether oxygens (including phenoxy) is 1. The maximum absolute atomic E-state index is 13.7. The van der Waals surface area contributed by atoms with Gasteiger partial charge in [-0.25, -0.2) is 4.79 Å². The molecule has 2 saturated heterocycles. The highest BCUT2D eigenvalue weighted by molar-refractivity contribution is 5.99. The van der Waals surface area contributed by atoms with E-state index in [0.29, 0.717) is 36.5 Å². The van der Waals surface area contributed by atoms with Crippen molar-refractivity contribution in [3.8, 4) is 5.95 Å². The van der Waals surface area contributed by atoms with Gasteiger partial charge in [-0.15, -0.1) is 0 Å². The smallest absolute Gasteiger partial charge is 0.415 e. The molecule has 3 amide bonds. The predicted octanol–water partition coefficient (Wildman–Crippen LogP) is 3.02. The number of ketones is 1. The summed E-state index contributed by atoms with van der Waals surface area (Å²) in [6.07, 6.45) is 5.62. The fourth-order valence-corrected chi connectivity index (χ4v) is 5.78. The van der Waals surface area contributed by atoms with E-state index in [2.05, 4.69) is 10.3 Å². The van der Waals surface area contributed by atoms with Gasteiger partial charge in [-0.2, -0.15) is 0 Å². The lowest BCUT2D eigenvalue weighted by molar-refractivity contribution is -0.138. The molecule has 2 aliphatic heterocycles. The Morgan fingerprint density at radius 1 is 1.13 bits per heavy atom. The molecule has 3 aliphatic rings. The summed E-state index contributed by atoms with van der Waals surface area (Å²) in [5, 5.41) is 3.58. The molecular formula is C29H30N4O6. The van der Waals surface area contributed by atoms with Crippen LogP contribution in [0.4, 0.5) is 4.79 Å². The third kappa shape index (κ3) is 4.98. The molecule has 0 bridgehead atoms. The summed E-state index contributed by atoms with van der Waals surface area (Å²) >= 11 is 0. The van der Waals surface area contributed by atoms with Gasteiger partial charge in [0.1, 0.15) is 17.7 Å². The van der Waals surface area contributed by atoms with Gasteiger partial charge in [0.25, 0.3) is 5.95 Å². The number of nitrogens with zero attached hydrogens (tertiary/aromatic N) is 3. The number of rotatable bonds is 7. The standard InChI is InChI=1S/C29H30N4O6/c1-17-20-6-2-3-7-24(20)38-28(17)39-29(37)31-21(13-18-8-9-18)27(36)32-12-10-22-26(32)23(34)16-33(22)25(35)14-19-5-4-11-30-15-19/h2-7,11,15,18,21-22,26H,8-10,12-14,16H2,1H3,(H,31,37). The van der Waals surface area contributed by atoms with Crippen molar-refractivity contribution in [1.29, 1.82) is 0 Å². The summed E-state index contributed by atoms with van der Waals surface area (Å²) in [4.78, 5) is 59.9. The second-order valence-corrected chi connectivity index (χ2v) is 10.6. The van der Waals surface area contributed by atoms with E-state index in [1.54, 1.807) is 41.2 Å². The molecule has 1 aliphatic carbocycles. The van der Waals surface area contributed by atoms with Crippen molar-refractivity contribution >= 4 is 34.7 Å². The molecule has 3 unspecified atom stereocenters. The summed E-state index contributed by atoms with van der Waals surface area (Å²) in [7, 11) is 0. The monoisotopic (exact) mass is 530 g/mol. The van der Waals surface area contributed by atoms with E-state index in [1.165, 1.54) is 0 Å². The maximum Gasteiger partial charge on any atom is 0.415 e. The van der Waals surface area contributed by atoms with Gasteiger partial charge in [0.15, 0.2) is 5.78 Å². The number of hydrogen-bond acceptors (Lipinski definition) is 7. The number of amides is 3. The lowest BCUT2D eigenvalue weighted by Gasteiger charge is -2.28. The maximum atomic E-state index is 13.7. The molecule has 10 heteroatoms. The van der Waals surface area contributed by atoms with Crippen LogP contribution in [0.5, 0.6) is 5.95 Å². The van der Waals surface area contributed by atoms with Crippen molar-refractivity contribution in [2.75, 3.05) is 13.1 Å². The van der Waals surface area contributed by atoms with Crippen molar-refractivity contribution < 1.29 is 28.3 Å². The average Bonchev–Trinajstić information content (AvgIpc) is 3.41. The van der Waals surface area contributed by atoms with Crippen molar-refractivity contribution in [1.82, 2.24) is 20.1 Å². The Morgan fingerprint density at radius 2 is 1.95 bits per heavy atom. The van der Waals surface area contributed by atoms with Crippen molar-refractivity contribution in [2.45, 2.75) is 57.2 Å². The molecule has 6 rings (SSSR count). The molecule has 0 spiro atoms. The Hall–Kier alpha value is -4.21. The van der Waals surface area contributed by atoms with E-state index in [0.717, 1.165) is 23.8 Å². The number of Topliss-reactive ketones (excluding diaryl/α,β-unsaturated/α-hetero) is 1. The first-order valence-electron chi connectivity index (χ1n) is 13.4. The van der Waals surface area contributed by atoms with Gasteiger partial charge in [-0.3, -0.25) is 19.4 Å². The zero-order chi connectivity index (χ0) is 27.1. The number of fused-ring (bicyclic) bond motifs is 2. The SMILES string of the molecule is Cc1c(OC(=O)NC(CC2CC2)C(=O)N2CCC3C2C(=O)CN3C(=O)Cc2cccnc2)oc2ccccc12. The number of para-hydroxylation sites is 1. The molecule has 39 heavy (non-hydrogen) atoms. The molecule has 2 aromatic heterocycles. The van der Waals surface area contributed by atoms with Gasteiger partial charge in [-0.05, 0) is 43.4 Å². The number of carbonyl (C=O) groups excluding carboxylic acids is 4. The molecule has 1 aromatic carbocycles. The number of carbonyl (C=O) groups is 4. The van der Waals surface area contributed by atoms with Crippen LogP contribution in [0, 0.1) is 12.8 Å². The lowest BCUT2D eigenvalue weighted by atomic mass is 10.1. The van der Waals surface area contributed by atoms with Crippen LogP contribution in [0.1, 0.15) is 36.8 Å². The van der Waals surface area contributed by atoms with Crippen LogP contribution < -0.4 is 10.1 Å². The largest absolute Gasteiger partial charge is 0.425 e. The summed E-state index contributed by atoms with van der Waals surface area (Å²) in [5.41, 5.74) is 2.07. The van der Waals surface area contributed by atoms with E-state index in [4.69, 9.17) is 9.15 Å². The Labute approximate surface area is 225 Å². The van der Waals surface area contributed by atoms with Gasteiger partial charge < -0.3 is 24.3 Å². The van der Waals surface area contributed by atoms with Crippen molar-refractivity contribution in [3.05, 3.63) is 59.9 Å². The molecule has 0 radical (unpaired) electrons. The second kappa shape index (κ2) is 10.2. The summed E-state index contributed by atoms with van der Waals surface area (Å²) in [6.45, 7) is 2.13. The normalized spacial score (nSPS) is 21.2. The zero-order valence-corrected chi connectivity index (χ0v) is 21.7. The molecule has 1 saturated carbocycles. The fraction of sp³-hybridized carbons (Fsp3) is 0.414. The number of hydrogen-bond donors (Lipinski definition) is 1. The van der Waals surface area contributed by atoms with Gasteiger partial charge in [-0.1, -0.05) is 37.1 Å². The van der Waals surface area contributed by atoms with E-state index >= 15 is 0 Å². The molecule has 1 N–H and O–H groups in total. The minimum atomic E-state index is -0.832. The minimum Gasteiger partial charge on any atom is -0.425 e. The highest BCUT2D eigenvalue weighted by Gasteiger charge is 2.52. The fourth-order valence-electron chi connectivity index (χ4n) is 5.78. The number of nitrogens with one attached hydrogen (secondary N) is 1. The third-order valence-electron chi connectivity index (χ3n) is 7.95. The molecular weight excluding hydrogens is 500 g/mol. The molecule has 4 heterocycles. The number of benzene rings is 1. The molecule has 3 aromatic rings. The first kappa shape index (κ1) is 25.1. The number of aryl methyl sites for hydroxylation is 1. The number of aromatic nitrogens is 1. The summed E-state index contributed by atoms with van der Waals surface area (Å²) in [5.74, 6) is -0.210. The van der Waals surface area contributed by atoms with Crippen LogP contribution in [-0.4, -0.2) is 69.7 Å². The van der Waals surface area contributed by atoms with E-state index in [9.17, 15) is 19.2 Å². The molecule has 3 fully saturated rings. The van der Waals surface area contributed by atoms with Crippen LogP contribution in [-0.2, 0) is 20.8 Å². The van der Waals surface area contributed by atoms with Crippen LogP contribution in [0.15, 0.2) is 53.2 Å². The van der Waals surface area contributed by atoms with Crippen LogP contribution in [0.2, 0.25) is 0 Å². The van der Waals surface area contributed by atoms with E-state index < -0.39 is 18.2 Å². The molecule has 202 valence electrons. The Balaban J connectivity index is 1.14. The Morgan fingerprint density at radius 3 is 2.69 bits per heavy atom. The first-order valence-corrected chi connectivity index (χ1v) is 13.4. The minimum absolute atomic E-state index is 0.0215. The number of likely N-dealkylation sites (tertiary alicyclic amines) is 2. The average molecular weight is 531 g/mol. The van der Waals surface area contributed by atoms with Crippen molar-refractivity contribution in [3.63, 3.8) is 0 Å². The van der Waals surface area contributed by atoms with Gasteiger partial charge >= 0.3 is 6.09 Å². The van der Waals surface area contributed by atoms with Gasteiger partial charge in [0, 0.05) is 29.9 Å². The quantitative estimate of drug-likeness (QED) is 0.498. The topological polar surface area (TPSA) is 122 Å². The number of pyridine rings is 1. The Kier molecular flexibility index (Phi) is 6.54. The predicted molar refractivity (Wildman–Crippen MR) is 140 cm³/mol. The zero-order valence-electron chi connectivity index (χ0n) is 21.7. The first-order chi connectivity index (χ1) is 18.9. The highest BCUT2D eigenvalue weighted by atomic mass is 16.6. The van der Waals surface area contributed by atoms with E-state index in [1.807, 2.05) is 24.3 Å². The van der Waals surface area contributed by atoms with E-state index in [-0.39, 0.29) is 42.6 Å². The highest BCUT2D eigenvalue weighted by Crippen LogP contribution is 2.36. The van der Waals surface area contributed by atoms with Crippen LogP contribution >= 0.6 is 0 Å². The van der Waals surface area contributed by atoms with Crippen LogP contribution in [0.25, 0.3) is 11.0 Å². The summed E-state index contributed by atoms with van der Waals surface area (Å²) < 4.78 is 11.2. The Bertz CT molecular complexity index is 1430. The molecule has 10 nitrogen and oxygen atoms in total. The van der Waals surface area contributed by atoms with Gasteiger partial charge in [0.05, 0.1) is 19.0 Å². The second-order valence-electron chi connectivity index (χ2n) is 10.6. The van der Waals surface area contributed by atoms with Crippen LogP contribution in [0.3, 0.4) is 0 Å². The van der Waals surface area contributed by atoms with Gasteiger partial charge in [0.2, 0.25) is 11.8 Å². The van der Waals surface area contributed by atoms with Crippen molar-refractivity contribution in [2.24, 2.45) is 5.92 Å². The molecule has 3 atom stereocenters. The third-order valence-corrected chi connectivity index (χ3v) is 7.95. The number of furan rings is 1. The summed E-state index contributed by atoms with van der Waals surface area (Å²) in [6, 6.07) is 9.08. The lowest BCUT2D eigenvalue weighted by Crippen LogP contribution is -2.53.